The van der Waals surface area contributed by atoms with Crippen molar-refractivity contribution in [2.45, 2.75) is 28.2 Å². The first-order valence-electron chi connectivity index (χ1n) is 6.13. The highest BCUT2D eigenvalue weighted by molar-refractivity contribution is 5.71. The Labute approximate surface area is 125 Å². The first-order valence-corrected chi connectivity index (χ1v) is 6.13. The molecule has 1 aliphatic carbocycles. The Kier molecular flexibility index (Phi) is 12.1. The van der Waals surface area contributed by atoms with Crippen molar-refractivity contribution < 1.29 is 0 Å². The summed E-state index contributed by atoms with van der Waals surface area (Å²) in [6, 6.07) is 10.0. The maximum atomic E-state index is 3.83. The van der Waals surface area contributed by atoms with Gasteiger partial charge in [-0.2, -0.15) is 0 Å². The smallest absolute Gasteiger partial charge is 0.00976 e. The predicted molar refractivity (Wildman–Crippen MR) is 95.8 cm³/mol. The van der Waals surface area contributed by atoms with E-state index in [9.17, 15) is 0 Å². The van der Waals surface area contributed by atoms with Crippen LogP contribution < -0.4 is 0 Å². The van der Waals surface area contributed by atoms with Crippen LogP contribution in [0.5, 0.6) is 0 Å². The summed E-state index contributed by atoms with van der Waals surface area (Å²) in [5, 5.41) is 0. The summed E-state index contributed by atoms with van der Waals surface area (Å²) in [4.78, 5) is 0. The van der Waals surface area contributed by atoms with Crippen molar-refractivity contribution in [3.8, 4) is 0 Å². The summed E-state index contributed by atoms with van der Waals surface area (Å²) < 4.78 is 0. The van der Waals surface area contributed by atoms with Crippen LogP contribution in [0.2, 0.25) is 0 Å². The molecule has 0 unspecified atom stereocenters. The van der Waals surface area contributed by atoms with E-state index < -0.39 is 0 Å². The summed E-state index contributed by atoms with van der Waals surface area (Å²) in [7, 11) is 0. The summed E-state index contributed by atoms with van der Waals surface area (Å²) in [5.74, 6) is 0. The molecule has 0 aromatic heterocycles. The van der Waals surface area contributed by atoms with Crippen LogP contribution in [-0.4, -0.2) is 0 Å². The van der Waals surface area contributed by atoms with Crippen LogP contribution in [-0.2, 0) is 0 Å². The zero-order valence-electron chi connectivity index (χ0n) is 11.0. The number of hydrogen-bond acceptors (Lipinski definition) is 0. The van der Waals surface area contributed by atoms with E-state index in [1.165, 1.54) is 5.57 Å². The van der Waals surface area contributed by atoms with Crippen molar-refractivity contribution in [1.29, 1.82) is 0 Å². The third kappa shape index (κ3) is 7.38. The highest BCUT2D eigenvalue weighted by Crippen LogP contribution is 2.11. The summed E-state index contributed by atoms with van der Waals surface area (Å²) >= 11 is 0. The third-order valence-corrected chi connectivity index (χ3v) is 2.67. The quantitative estimate of drug-likeness (QED) is 0.529. The largest absolute Gasteiger partial charge is 0.0985 e. The zero-order valence-corrected chi connectivity index (χ0v) is 11.0. The van der Waals surface area contributed by atoms with Crippen LogP contribution in [0.4, 0.5) is 0 Å². The van der Waals surface area contributed by atoms with E-state index in [-0.39, 0.29) is 14.9 Å². The Morgan fingerprint density at radius 2 is 1.75 bits per heavy atom. The molecule has 0 fully saturated rings. The second-order valence-electron chi connectivity index (χ2n) is 3.95. The fourth-order valence-electron chi connectivity index (χ4n) is 1.51. The van der Waals surface area contributed by atoms with Gasteiger partial charge in [0, 0.05) is 0 Å². The van der Waals surface area contributed by atoms with Crippen LogP contribution >= 0.6 is 0 Å². The van der Waals surface area contributed by atoms with E-state index in [0.717, 1.165) is 17.6 Å². The lowest BCUT2D eigenvalue weighted by Gasteiger charge is -1.97. The van der Waals surface area contributed by atoms with Gasteiger partial charge in [0.2, 0.25) is 0 Å². The van der Waals surface area contributed by atoms with E-state index in [4.69, 9.17) is 0 Å². The highest BCUT2D eigenvalue weighted by Gasteiger charge is 1.89. The minimum atomic E-state index is 0. The van der Waals surface area contributed by atoms with Gasteiger partial charge in [-0.3, -0.25) is 0 Å². The molecule has 0 N–H and O–H groups in total. The van der Waals surface area contributed by atoms with Gasteiger partial charge in [-0.15, -0.1) is 0 Å². The maximum absolute atomic E-state index is 3.83. The van der Waals surface area contributed by atoms with Crippen LogP contribution in [0.3, 0.4) is 0 Å². The summed E-state index contributed by atoms with van der Waals surface area (Å²) in [6.45, 7) is 9.53. The standard InChI is InChI=1S/C10H10.C8H10.2CH4/c1-3-9(2)10-7-5-4-6-8-10;1-2-8-6-4-3-5-7-8;;/h3-8H,1-2H2;2-6H,7H2,1H3;2*1H4/b;8-2-;;. The predicted octanol–water partition coefficient (Wildman–Crippen LogP) is 6.61. The molecule has 1 aromatic carbocycles. The maximum Gasteiger partial charge on any atom is -0.00976 e. The van der Waals surface area contributed by atoms with Crippen molar-refractivity contribution in [2.24, 2.45) is 0 Å². The normalized spacial score (nSPS) is 13.3. The van der Waals surface area contributed by atoms with Gasteiger partial charge in [-0.1, -0.05) is 94.8 Å². The van der Waals surface area contributed by atoms with Crippen molar-refractivity contribution in [3.63, 3.8) is 0 Å². The lowest BCUT2D eigenvalue weighted by molar-refractivity contribution is 1.25. The van der Waals surface area contributed by atoms with Crippen molar-refractivity contribution in [1.82, 2.24) is 0 Å². The van der Waals surface area contributed by atoms with Gasteiger partial charge in [0.25, 0.3) is 0 Å². The summed E-state index contributed by atoms with van der Waals surface area (Å²) in [5.41, 5.74) is 3.52. The minimum Gasteiger partial charge on any atom is -0.0985 e. The number of hydrogen-bond donors (Lipinski definition) is 0. The lowest BCUT2D eigenvalue weighted by Crippen LogP contribution is -1.77. The van der Waals surface area contributed by atoms with Crippen LogP contribution in [0.15, 0.2) is 85.5 Å². The molecule has 0 bridgehead atoms. The molecule has 0 nitrogen and oxygen atoms in total. The molecular formula is C20H28. The van der Waals surface area contributed by atoms with E-state index in [1.54, 1.807) is 6.08 Å². The molecule has 1 aromatic rings. The van der Waals surface area contributed by atoms with Crippen molar-refractivity contribution in [2.75, 3.05) is 0 Å². The third-order valence-electron chi connectivity index (χ3n) is 2.67. The summed E-state index contributed by atoms with van der Waals surface area (Å²) in [6.07, 6.45) is 13.4. The highest BCUT2D eigenvalue weighted by atomic mass is 13.9. The van der Waals surface area contributed by atoms with Crippen LogP contribution in [0.1, 0.15) is 33.8 Å². The Balaban J connectivity index is 0. The van der Waals surface area contributed by atoms with Gasteiger partial charge >= 0.3 is 0 Å². The fourth-order valence-corrected chi connectivity index (χ4v) is 1.51. The second-order valence-corrected chi connectivity index (χ2v) is 3.95. The van der Waals surface area contributed by atoms with Gasteiger partial charge in [0.1, 0.15) is 0 Å². The Morgan fingerprint density at radius 3 is 2.15 bits per heavy atom. The van der Waals surface area contributed by atoms with E-state index >= 15 is 0 Å². The Morgan fingerprint density at radius 1 is 1.10 bits per heavy atom. The van der Waals surface area contributed by atoms with Gasteiger partial charge in [-0.05, 0) is 30.1 Å². The van der Waals surface area contributed by atoms with Gasteiger partial charge < -0.3 is 0 Å². The van der Waals surface area contributed by atoms with Gasteiger partial charge in [-0.25, -0.2) is 0 Å². The second kappa shape index (κ2) is 12.0. The molecule has 0 heterocycles. The first-order chi connectivity index (χ1) is 8.77. The van der Waals surface area contributed by atoms with Gasteiger partial charge in [0.05, 0.1) is 0 Å². The average molecular weight is 268 g/mol. The molecule has 0 aliphatic heterocycles. The Bertz CT molecular complexity index is 470. The minimum absolute atomic E-state index is 0. The molecule has 20 heavy (non-hydrogen) atoms. The topological polar surface area (TPSA) is 0 Å². The molecular weight excluding hydrogens is 240 g/mol. The van der Waals surface area contributed by atoms with E-state index in [1.807, 2.05) is 30.3 Å². The van der Waals surface area contributed by atoms with Crippen LogP contribution in [0, 0.1) is 0 Å². The van der Waals surface area contributed by atoms with Gasteiger partial charge in [0.15, 0.2) is 0 Å². The van der Waals surface area contributed by atoms with Crippen molar-refractivity contribution >= 4 is 5.57 Å². The molecule has 108 valence electrons. The van der Waals surface area contributed by atoms with E-state index in [0.29, 0.717) is 0 Å². The molecule has 1 aliphatic rings. The zero-order chi connectivity index (χ0) is 13.2. The molecule has 0 radical (unpaired) electrons. The Hall–Kier alpha value is -2.08. The first kappa shape index (κ1) is 20.2. The monoisotopic (exact) mass is 268 g/mol. The lowest BCUT2D eigenvalue weighted by atomic mass is 10.1. The molecule has 0 amide bonds. The molecule has 0 heteroatoms. The molecule has 0 saturated carbocycles. The van der Waals surface area contributed by atoms with Crippen LogP contribution in [0.25, 0.3) is 5.57 Å². The molecule has 2 rings (SSSR count). The van der Waals surface area contributed by atoms with E-state index in [2.05, 4.69) is 50.5 Å². The molecule has 0 saturated heterocycles. The van der Waals surface area contributed by atoms with Crippen molar-refractivity contribution in [3.05, 3.63) is 91.1 Å². The molecule has 0 atom stereocenters. The molecule has 0 spiro atoms. The average Bonchev–Trinajstić information content (AvgIpc) is 2.49. The number of rotatable bonds is 2. The number of allylic oxidation sites excluding steroid dienone is 8. The number of benzene rings is 1. The SMILES string of the molecule is C.C.C/C=C1/C=CC=CC1.C=CC(=C)c1ccccc1. The fraction of sp³-hybridized carbons (Fsp3) is 0.200.